The number of rotatable bonds is 17. The second kappa shape index (κ2) is 18.1. The molecule has 3 amide bonds. The lowest BCUT2D eigenvalue weighted by Gasteiger charge is -2.35. The molecule has 0 bridgehead atoms. The smallest absolute Gasteiger partial charge is 0.408 e. The van der Waals surface area contributed by atoms with Crippen molar-refractivity contribution in [3.63, 3.8) is 0 Å². The summed E-state index contributed by atoms with van der Waals surface area (Å²) in [6.45, 7) is 17.5. The van der Waals surface area contributed by atoms with Crippen LogP contribution in [-0.2, 0) is 23.9 Å². The molecular formula is C32H51N3O6. The lowest BCUT2D eigenvalue weighted by atomic mass is 9.97. The van der Waals surface area contributed by atoms with Crippen molar-refractivity contribution in [3.05, 3.63) is 42.0 Å². The predicted molar refractivity (Wildman–Crippen MR) is 162 cm³/mol. The highest BCUT2D eigenvalue weighted by atomic mass is 16.6. The van der Waals surface area contributed by atoms with Crippen LogP contribution < -0.4 is 10.6 Å². The van der Waals surface area contributed by atoms with Crippen LogP contribution in [0.1, 0.15) is 104 Å². The predicted octanol–water partition coefficient (Wildman–Crippen LogP) is 5.79. The van der Waals surface area contributed by atoms with Gasteiger partial charge in [0.25, 0.3) is 0 Å². The lowest BCUT2D eigenvalue weighted by molar-refractivity contribution is -0.144. The summed E-state index contributed by atoms with van der Waals surface area (Å²) < 4.78 is 10.4. The van der Waals surface area contributed by atoms with Gasteiger partial charge < -0.3 is 25.0 Å². The van der Waals surface area contributed by atoms with Crippen molar-refractivity contribution in [2.75, 3.05) is 19.7 Å². The van der Waals surface area contributed by atoms with Gasteiger partial charge in [-0.3, -0.25) is 14.4 Å². The van der Waals surface area contributed by atoms with E-state index in [0.29, 0.717) is 24.9 Å². The summed E-state index contributed by atoms with van der Waals surface area (Å²) in [7, 11) is 0. The molecule has 0 radical (unpaired) electrons. The van der Waals surface area contributed by atoms with E-state index in [0.717, 1.165) is 24.8 Å². The molecule has 0 fully saturated rings. The van der Waals surface area contributed by atoms with Crippen molar-refractivity contribution >= 4 is 30.0 Å². The van der Waals surface area contributed by atoms with Crippen LogP contribution in [-0.4, -0.2) is 60.1 Å². The van der Waals surface area contributed by atoms with Gasteiger partial charge in [0.15, 0.2) is 0 Å². The highest BCUT2D eigenvalue weighted by Crippen LogP contribution is 2.26. The van der Waals surface area contributed by atoms with Crippen LogP contribution in [0.4, 0.5) is 4.79 Å². The quantitative estimate of drug-likeness (QED) is 0.180. The molecule has 0 heterocycles. The number of unbranched alkanes of at least 4 members (excludes halogenated alkanes) is 3. The fourth-order valence-corrected chi connectivity index (χ4v) is 4.36. The zero-order chi connectivity index (χ0) is 31.0. The van der Waals surface area contributed by atoms with E-state index in [1.165, 1.54) is 0 Å². The Hall–Kier alpha value is -3.36. The fourth-order valence-electron chi connectivity index (χ4n) is 4.36. The zero-order valence-corrected chi connectivity index (χ0v) is 26.1. The molecule has 2 unspecified atom stereocenters. The first-order chi connectivity index (χ1) is 19.3. The molecule has 9 heteroatoms. The first-order valence-corrected chi connectivity index (χ1v) is 14.8. The topological polar surface area (TPSA) is 114 Å². The number of hydrogen-bond acceptors (Lipinski definition) is 6. The third-order valence-corrected chi connectivity index (χ3v) is 6.19. The standard InChI is InChI=1S/C32H51N3O6/c1-9-12-13-14-20-35(30(38)26(21-23(4)5)34-31(39)41-32(6,7)8)28(25-17-15-16-24(10-2)22-25)29(37)33-19-18-27(36)40-11-3/h10,15-17,22-23,26,28H,2,9,11-14,18-21H2,1,3-8H3,(H,33,37)(H,34,39). The molecule has 0 saturated carbocycles. The average molecular weight is 574 g/mol. The SMILES string of the molecule is C=Cc1cccc(C(C(=O)NCCC(=O)OCC)N(CCCCCC)C(=O)C(CC(C)C)NC(=O)OC(C)(C)C)c1. The van der Waals surface area contributed by atoms with Gasteiger partial charge in [-0.1, -0.05) is 70.9 Å². The number of nitrogens with zero attached hydrogens (tertiary/aromatic N) is 1. The molecule has 2 atom stereocenters. The highest BCUT2D eigenvalue weighted by Gasteiger charge is 2.36. The molecule has 0 aliphatic carbocycles. The number of ether oxygens (including phenoxy) is 2. The third kappa shape index (κ3) is 13.7. The fraction of sp³-hybridized carbons (Fsp3) is 0.625. The van der Waals surface area contributed by atoms with E-state index >= 15 is 0 Å². The maximum absolute atomic E-state index is 14.3. The Morgan fingerprint density at radius 2 is 1.78 bits per heavy atom. The summed E-state index contributed by atoms with van der Waals surface area (Å²) in [5, 5.41) is 5.59. The van der Waals surface area contributed by atoms with Crippen molar-refractivity contribution in [2.24, 2.45) is 5.92 Å². The minimum Gasteiger partial charge on any atom is -0.466 e. The summed E-state index contributed by atoms with van der Waals surface area (Å²) in [6, 6.07) is 5.43. The minimum atomic E-state index is -0.985. The molecule has 1 rings (SSSR count). The Labute approximate surface area is 246 Å². The molecule has 9 nitrogen and oxygen atoms in total. The lowest BCUT2D eigenvalue weighted by Crippen LogP contribution is -2.53. The summed E-state index contributed by atoms with van der Waals surface area (Å²) >= 11 is 0. The zero-order valence-electron chi connectivity index (χ0n) is 26.1. The van der Waals surface area contributed by atoms with E-state index in [1.807, 2.05) is 32.0 Å². The van der Waals surface area contributed by atoms with Crippen molar-refractivity contribution in [3.8, 4) is 0 Å². The second-order valence-corrected chi connectivity index (χ2v) is 11.5. The largest absolute Gasteiger partial charge is 0.466 e. The molecule has 0 saturated heterocycles. The van der Waals surface area contributed by atoms with Gasteiger partial charge in [0.1, 0.15) is 17.7 Å². The number of carbonyl (C=O) groups is 4. The molecule has 0 aliphatic heterocycles. The molecule has 1 aromatic carbocycles. The summed E-state index contributed by atoms with van der Waals surface area (Å²) in [4.78, 5) is 54.2. The third-order valence-electron chi connectivity index (χ3n) is 6.19. The molecule has 0 spiro atoms. The maximum atomic E-state index is 14.3. The molecular weight excluding hydrogens is 522 g/mol. The average Bonchev–Trinajstić information content (AvgIpc) is 2.88. The number of alkyl carbamates (subject to hydrolysis) is 1. The van der Waals surface area contributed by atoms with Gasteiger partial charge in [-0.05, 0) is 63.6 Å². The van der Waals surface area contributed by atoms with Crippen LogP contribution in [0.25, 0.3) is 6.08 Å². The van der Waals surface area contributed by atoms with E-state index in [-0.39, 0.29) is 31.4 Å². The van der Waals surface area contributed by atoms with Crippen molar-refractivity contribution in [1.29, 1.82) is 0 Å². The highest BCUT2D eigenvalue weighted by molar-refractivity contribution is 5.92. The Kier molecular flexibility index (Phi) is 15.8. The van der Waals surface area contributed by atoms with Gasteiger partial charge in [0.2, 0.25) is 11.8 Å². The number of carbonyl (C=O) groups excluding carboxylic acids is 4. The monoisotopic (exact) mass is 573 g/mol. The molecule has 2 N–H and O–H groups in total. The minimum absolute atomic E-state index is 0.0135. The molecule has 41 heavy (non-hydrogen) atoms. The van der Waals surface area contributed by atoms with E-state index in [9.17, 15) is 19.2 Å². The van der Waals surface area contributed by atoms with Crippen LogP contribution in [0, 0.1) is 5.92 Å². The summed E-state index contributed by atoms with van der Waals surface area (Å²) in [5.74, 6) is -1.11. The van der Waals surface area contributed by atoms with E-state index in [2.05, 4.69) is 24.1 Å². The van der Waals surface area contributed by atoms with E-state index in [4.69, 9.17) is 9.47 Å². The van der Waals surface area contributed by atoms with Gasteiger partial charge in [-0.2, -0.15) is 0 Å². The van der Waals surface area contributed by atoms with Crippen LogP contribution >= 0.6 is 0 Å². The molecule has 0 aromatic heterocycles. The van der Waals surface area contributed by atoms with Crippen molar-refractivity contribution < 1.29 is 28.7 Å². The van der Waals surface area contributed by atoms with Gasteiger partial charge in [-0.15, -0.1) is 0 Å². The van der Waals surface area contributed by atoms with E-state index < -0.39 is 35.7 Å². The Balaban J connectivity index is 3.49. The Bertz CT molecular complexity index is 1000. The summed E-state index contributed by atoms with van der Waals surface area (Å²) in [6.07, 6.45) is 4.96. The van der Waals surface area contributed by atoms with Crippen molar-refractivity contribution in [2.45, 2.75) is 105 Å². The first-order valence-electron chi connectivity index (χ1n) is 14.8. The van der Waals surface area contributed by atoms with Crippen LogP contribution in [0.2, 0.25) is 0 Å². The number of nitrogens with one attached hydrogen (secondary N) is 2. The first kappa shape index (κ1) is 35.7. The van der Waals surface area contributed by atoms with Gasteiger partial charge in [0.05, 0.1) is 13.0 Å². The normalized spacial score (nSPS) is 12.7. The van der Waals surface area contributed by atoms with Gasteiger partial charge in [-0.25, -0.2) is 4.79 Å². The number of esters is 1. The van der Waals surface area contributed by atoms with Gasteiger partial charge in [0, 0.05) is 13.1 Å². The molecule has 1 aromatic rings. The van der Waals surface area contributed by atoms with Crippen LogP contribution in [0.15, 0.2) is 30.8 Å². The number of benzene rings is 1. The van der Waals surface area contributed by atoms with Gasteiger partial charge >= 0.3 is 12.1 Å². The van der Waals surface area contributed by atoms with Crippen LogP contribution in [0.5, 0.6) is 0 Å². The summed E-state index contributed by atoms with van der Waals surface area (Å²) in [5.41, 5.74) is 0.679. The Morgan fingerprint density at radius 3 is 2.37 bits per heavy atom. The second-order valence-electron chi connectivity index (χ2n) is 11.5. The Morgan fingerprint density at radius 1 is 1.07 bits per heavy atom. The number of hydrogen-bond donors (Lipinski definition) is 2. The van der Waals surface area contributed by atoms with Crippen molar-refractivity contribution in [1.82, 2.24) is 15.5 Å². The maximum Gasteiger partial charge on any atom is 0.408 e. The van der Waals surface area contributed by atoms with E-state index in [1.54, 1.807) is 44.7 Å². The molecule has 230 valence electrons. The van der Waals surface area contributed by atoms with Crippen LogP contribution in [0.3, 0.4) is 0 Å². The number of amides is 3. The molecule has 0 aliphatic rings.